The van der Waals surface area contributed by atoms with Gasteiger partial charge >= 0.3 is 0 Å². The quantitative estimate of drug-likeness (QED) is 0.0954. The van der Waals surface area contributed by atoms with E-state index in [4.69, 9.17) is 32.4 Å². The fourth-order valence-corrected chi connectivity index (χ4v) is 8.55. The number of ether oxygens (including phenoxy) is 3. The average molecular weight is 757 g/mol. The third-order valence-electron chi connectivity index (χ3n) is 11.2. The number of piperidine rings is 1. The largest absolute Gasteiger partial charge is 0.493 e. The van der Waals surface area contributed by atoms with Gasteiger partial charge in [-0.15, -0.1) is 0 Å². The Morgan fingerprint density at radius 2 is 1.80 bits per heavy atom. The Bertz CT molecular complexity index is 2060. The summed E-state index contributed by atoms with van der Waals surface area (Å²) in [5.41, 5.74) is 8.37. The van der Waals surface area contributed by atoms with Crippen molar-refractivity contribution in [3.05, 3.63) is 117 Å². The van der Waals surface area contributed by atoms with Gasteiger partial charge in [-0.05, 0) is 135 Å². The predicted octanol–water partition coefficient (Wildman–Crippen LogP) is 10.1. The van der Waals surface area contributed by atoms with Gasteiger partial charge in [0, 0.05) is 43.1 Å². The minimum absolute atomic E-state index is 0.166. The van der Waals surface area contributed by atoms with Crippen molar-refractivity contribution in [2.75, 3.05) is 32.8 Å². The van der Waals surface area contributed by atoms with Gasteiger partial charge in [-0.2, -0.15) is 5.26 Å². The molecule has 0 amide bonds. The molecular weight excluding hydrogens is 708 g/mol. The van der Waals surface area contributed by atoms with Crippen LogP contribution in [0.4, 0.5) is 5.69 Å². The van der Waals surface area contributed by atoms with Crippen LogP contribution < -0.4 is 19.5 Å². The molecule has 2 aliphatic carbocycles. The van der Waals surface area contributed by atoms with Crippen LogP contribution in [0.3, 0.4) is 0 Å². The summed E-state index contributed by atoms with van der Waals surface area (Å²) in [5.74, 6) is 2.74. The van der Waals surface area contributed by atoms with Crippen LogP contribution in [0.2, 0.25) is 5.02 Å². The third-order valence-corrected chi connectivity index (χ3v) is 11.5. The summed E-state index contributed by atoms with van der Waals surface area (Å²) in [6, 6.07) is 23.8. The van der Waals surface area contributed by atoms with Gasteiger partial charge in [-0.25, -0.2) is 4.85 Å². The fourth-order valence-electron chi connectivity index (χ4n) is 8.32. The second kappa shape index (κ2) is 18.2. The van der Waals surface area contributed by atoms with E-state index >= 15 is 0 Å². The van der Waals surface area contributed by atoms with Crippen molar-refractivity contribution in [3.8, 4) is 34.4 Å². The predicted molar refractivity (Wildman–Crippen MR) is 216 cm³/mol. The second-order valence-corrected chi connectivity index (χ2v) is 15.5. The molecule has 284 valence electrons. The lowest BCUT2D eigenvalue weighted by Crippen LogP contribution is -2.31. The van der Waals surface area contributed by atoms with Crippen LogP contribution in [0, 0.1) is 30.7 Å². The summed E-state index contributed by atoms with van der Waals surface area (Å²) in [4.78, 5) is 17.9. The number of halogens is 1. The van der Waals surface area contributed by atoms with Crippen LogP contribution in [0.5, 0.6) is 17.2 Å². The van der Waals surface area contributed by atoms with Gasteiger partial charge < -0.3 is 24.4 Å². The Balaban J connectivity index is 1.08. The number of carbonyl (C=O) groups is 1. The Kier molecular flexibility index (Phi) is 12.7. The van der Waals surface area contributed by atoms with E-state index in [1.165, 1.54) is 49.0 Å². The van der Waals surface area contributed by atoms with Crippen molar-refractivity contribution in [1.29, 1.82) is 5.26 Å². The summed E-state index contributed by atoms with van der Waals surface area (Å²) in [5, 5.41) is 13.5. The number of rotatable bonds is 15. The third kappa shape index (κ3) is 9.51. The summed E-state index contributed by atoms with van der Waals surface area (Å²) in [7, 11) is 0. The molecule has 1 saturated heterocycles. The van der Waals surface area contributed by atoms with Gasteiger partial charge in [-0.3, -0.25) is 4.79 Å². The first-order valence-corrected chi connectivity index (χ1v) is 20.1. The van der Waals surface area contributed by atoms with E-state index in [9.17, 15) is 10.1 Å². The van der Waals surface area contributed by atoms with E-state index in [1.807, 2.05) is 12.1 Å². The maximum atomic E-state index is 11.8. The number of nitriles is 1. The van der Waals surface area contributed by atoms with Gasteiger partial charge in [0.25, 0.3) is 0 Å². The standard InChI is InChI=1S/C46H49ClN4O4/c1-31-38(9-7-12-43(31)53-20-8-19-51-17-4-3-5-18-51)39-10-6-11-41-40(39)15-16-44(41)55-46-26-45(54-30-34-21-33(27-48)22-36(23-34)49-2)35(25-42(46)47)29-50-28-32-13-14-37(52)24-32/h6-7,9-12,21-23,25-26,32,44,50H,3-5,8,13-20,24,28-30H2,1H3/t32-,44-/m0/s1. The second-order valence-electron chi connectivity index (χ2n) is 15.1. The molecule has 9 heteroatoms. The number of hydrogen-bond acceptors (Lipinski definition) is 7. The number of carbonyl (C=O) groups excluding carboxylic acids is 1. The molecule has 0 aromatic heterocycles. The Labute approximate surface area is 330 Å². The Morgan fingerprint density at radius 1 is 0.964 bits per heavy atom. The first-order valence-electron chi connectivity index (χ1n) is 19.7. The van der Waals surface area contributed by atoms with E-state index in [1.54, 1.807) is 18.2 Å². The van der Waals surface area contributed by atoms with Crippen LogP contribution in [-0.4, -0.2) is 43.5 Å². The summed E-state index contributed by atoms with van der Waals surface area (Å²) in [6.45, 7) is 15.2. The lowest BCUT2D eigenvalue weighted by atomic mass is 9.93. The summed E-state index contributed by atoms with van der Waals surface area (Å²) in [6.07, 6.45) is 8.66. The maximum absolute atomic E-state index is 11.8. The van der Waals surface area contributed by atoms with Crippen LogP contribution >= 0.6 is 11.6 Å². The van der Waals surface area contributed by atoms with E-state index in [2.05, 4.69) is 64.5 Å². The minimum Gasteiger partial charge on any atom is -0.493 e. The Hall–Kier alpha value is -4.86. The number of hydrogen-bond donors (Lipinski definition) is 1. The van der Waals surface area contributed by atoms with Gasteiger partial charge in [0.15, 0.2) is 5.69 Å². The Morgan fingerprint density at radius 3 is 2.60 bits per heavy atom. The number of fused-ring (bicyclic) bond motifs is 1. The number of likely N-dealkylation sites (tertiary alicyclic amines) is 1. The first kappa shape index (κ1) is 38.4. The molecule has 1 aliphatic heterocycles. The molecule has 8 nitrogen and oxygen atoms in total. The smallest absolute Gasteiger partial charge is 0.188 e. The molecular formula is C46H49ClN4O4. The van der Waals surface area contributed by atoms with Crippen molar-refractivity contribution in [1.82, 2.24) is 10.2 Å². The van der Waals surface area contributed by atoms with Gasteiger partial charge in [-0.1, -0.05) is 48.4 Å². The lowest BCUT2D eigenvalue weighted by Gasteiger charge is -2.26. The zero-order valence-corrected chi connectivity index (χ0v) is 32.4. The molecule has 0 unspecified atom stereocenters. The molecule has 4 aromatic rings. The van der Waals surface area contributed by atoms with Gasteiger partial charge in [0.1, 0.15) is 35.7 Å². The molecule has 3 aliphatic rings. The van der Waals surface area contributed by atoms with Crippen molar-refractivity contribution in [2.24, 2.45) is 5.92 Å². The van der Waals surface area contributed by atoms with Gasteiger partial charge in [0.05, 0.1) is 24.3 Å². The summed E-state index contributed by atoms with van der Waals surface area (Å²) < 4.78 is 19.5. The SMILES string of the molecule is [C-]#[N+]c1cc(C#N)cc(COc2cc(O[C@H]3CCc4c(-c5cccc(OCCCN6CCCCC6)c5C)cccc43)c(Cl)cc2CNC[C@H]2CCC(=O)C2)c1. The molecule has 1 heterocycles. The van der Waals surface area contributed by atoms with E-state index < -0.39 is 0 Å². The van der Waals surface area contributed by atoms with Crippen molar-refractivity contribution < 1.29 is 19.0 Å². The fraction of sp³-hybridized carbons (Fsp3) is 0.413. The van der Waals surface area contributed by atoms with Crippen molar-refractivity contribution >= 4 is 23.1 Å². The molecule has 0 radical (unpaired) electrons. The van der Waals surface area contributed by atoms with Crippen LogP contribution in [0.25, 0.3) is 16.0 Å². The summed E-state index contributed by atoms with van der Waals surface area (Å²) >= 11 is 6.95. The highest BCUT2D eigenvalue weighted by atomic mass is 35.5. The minimum atomic E-state index is -0.188. The topological polar surface area (TPSA) is 88.2 Å². The van der Waals surface area contributed by atoms with E-state index in [0.29, 0.717) is 65.5 Å². The molecule has 55 heavy (non-hydrogen) atoms. The molecule has 0 bridgehead atoms. The lowest BCUT2D eigenvalue weighted by molar-refractivity contribution is -0.117. The normalized spacial score (nSPS) is 18.1. The molecule has 0 spiro atoms. The monoisotopic (exact) mass is 756 g/mol. The molecule has 1 saturated carbocycles. The molecule has 2 fully saturated rings. The molecule has 1 N–H and O–H groups in total. The van der Waals surface area contributed by atoms with E-state index in [0.717, 1.165) is 66.8 Å². The van der Waals surface area contributed by atoms with Crippen molar-refractivity contribution in [3.63, 3.8) is 0 Å². The molecule has 2 atom stereocenters. The zero-order valence-electron chi connectivity index (χ0n) is 31.7. The van der Waals surface area contributed by atoms with E-state index in [-0.39, 0.29) is 12.7 Å². The van der Waals surface area contributed by atoms with Gasteiger partial charge in [0.2, 0.25) is 0 Å². The number of Topliss-reactive ketones (excluding diaryl/α,β-unsaturated/α-hetero) is 1. The number of nitrogens with one attached hydrogen (secondary N) is 1. The van der Waals surface area contributed by atoms with Crippen LogP contribution in [0.1, 0.15) is 90.9 Å². The highest BCUT2D eigenvalue weighted by Gasteiger charge is 2.29. The number of benzene rings is 4. The number of ketones is 1. The first-order chi connectivity index (χ1) is 26.9. The molecule has 4 aromatic carbocycles. The molecule has 7 rings (SSSR count). The van der Waals surface area contributed by atoms with Crippen LogP contribution in [-0.2, 0) is 24.4 Å². The highest BCUT2D eigenvalue weighted by Crippen LogP contribution is 2.44. The number of nitrogens with zero attached hydrogens (tertiary/aromatic N) is 3. The maximum Gasteiger partial charge on any atom is 0.188 e. The van der Waals surface area contributed by atoms with Crippen LogP contribution in [0.15, 0.2) is 66.7 Å². The van der Waals surface area contributed by atoms with Crippen molar-refractivity contribution in [2.45, 2.75) is 84.0 Å². The highest BCUT2D eigenvalue weighted by molar-refractivity contribution is 6.32. The average Bonchev–Trinajstić information content (AvgIpc) is 3.83. The zero-order chi connectivity index (χ0) is 38.1.